The van der Waals surface area contributed by atoms with Gasteiger partial charge >= 0.3 is 0 Å². The second kappa shape index (κ2) is 6.24. The van der Waals surface area contributed by atoms with Crippen LogP contribution in [0.15, 0.2) is 28.8 Å². The molecule has 2 heterocycles. The van der Waals surface area contributed by atoms with E-state index in [0.717, 1.165) is 5.56 Å². The minimum Gasteiger partial charge on any atom is -0.378 e. The van der Waals surface area contributed by atoms with Crippen LogP contribution in [0.5, 0.6) is 0 Å². The molecular formula is C14H14ClN3O3. The summed E-state index contributed by atoms with van der Waals surface area (Å²) in [6.45, 7) is 2.44. The first-order valence-electron chi connectivity index (χ1n) is 6.64. The monoisotopic (exact) mass is 307 g/mol. The zero-order valence-electron chi connectivity index (χ0n) is 11.3. The van der Waals surface area contributed by atoms with Crippen LogP contribution in [0.25, 0.3) is 11.4 Å². The standard InChI is InChI=1S/C14H14ClN3O3/c15-9-12-16-13(17-21-12)10-1-3-11(4-2-10)14(19)18-5-7-20-8-6-18/h1-4H,5-9H2. The third-order valence-corrected chi connectivity index (χ3v) is 3.50. The molecule has 1 aromatic heterocycles. The van der Waals surface area contributed by atoms with Gasteiger partial charge in [-0.05, 0) is 12.1 Å². The normalized spacial score (nSPS) is 15.2. The van der Waals surface area contributed by atoms with Crippen LogP contribution in [0.1, 0.15) is 16.2 Å². The number of carbonyl (C=O) groups is 1. The van der Waals surface area contributed by atoms with E-state index in [4.69, 9.17) is 20.9 Å². The van der Waals surface area contributed by atoms with Crippen LogP contribution in [0.3, 0.4) is 0 Å². The molecule has 0 radical (unpaired) electrons. The Hall–Kier alpha value is -1.92. The van der Waals surface area contributed by atoms with Gasteiger partial charge in [0.05, 0.1) is 13.2 Å². The van der Waals surface area contributed by atoms with E-state index < -0.39 is 0 Å². The molecule has 1 fully saturated rings. The van der Waals surface area contributed by atoms with E-state index in [1.165, 1.54) is 0 Å². The van der Waals surface area contributed by atoms with E-state index in [2.05, 4.69) is 10.1 Å². The second-order valence-electron chi connectivity index (χ2n) is 4.63. The van der Waals surface area contributed by atoms with E-state index in [1.807, 2.05) is 0 Å². The zero-order valence-corrected chi connectivity index (χ0v) is 12.0. The average molecular weight is 308 g/mol. The lowest BCUT2D eigenvalue weighted by molar-refractivity contribution is 0.0303. The van der Waals surface area contributed by atoms with Crippen molar-refractivity contribution in [2.24, 2.45) is 0 Å². The summed E-state index contributed by atoms with van der Waals surface area (Å²) in [6, 6.07) is 7.14. The molecule has 1 aliphatic rings. The summed E-state index contributed by atoms with van der Waals surface area (Å²) in [5, 5.41) is 3.84. The first kappa shape index (κ1) is 14.0. The highest BCUT2D eigenvalue weighted by Crippen LogP contribution is 2.18. The number of nitrogens with zero attached hydrogens (tertiary/aromatic N) is 3. The molecule has 6 nitrogen and oxygen atoms in total. The van der Waals surface area contributed by atoms with Gasteiger partial charge in [-0.15, -0.1) is 11.6 Å². The van der Waals surface area contributed by atoms with Crippen LogP contribution in [0.4, 0.5) is 0 Å². The molecule has 7 heteroatoms. The summed E-state index contributed by atoms with van der Waals surface area (Å²) in [6.07, 6.45) is 0. The fraction of sp³-hybridized carbons (Fsp3) is 0.357. The van der Waals surface area contributed by atoms with Crippen molar-refractivity contribution in [3.05, 3.63) is 35.7 Å². The van der Waals surface area contributed by atoms with Crippen molar-refractivity contribution in [1.29, 1.82) is 0 Å². The molecule has 2 aromatic rings. The maximum atomic E-state index is 12.3. The van der Waals surface area contributed by atoms with Gasteiger partial charge in [0.1, 0.15) is 5.88 Å². The summed E-state index contributed by atoms with van der Waals surface area (Å²) in [4.78, 5) is 18.2. The van der Waals surface area contributed by atoms with Crippen molar-refractivity contribution in [1.82, 2.24) is 15.0 Å². The van der Waals surface area contributed by atoms with Gasteiger partial charge in [-0.25, -0.2) is 0 Å². The van der Waals surface area contributed by atoms with E-state index in [-0.39, 0.29) is 11.8 Å². The SMILES string of the molecule is O=C(c1ccc(-c2noc(CCl)n2)cc1)N1CCOCC1. The maximum Gasteiger partial charge on any atom is 0.254 e. The molecule has 3 rings (SSSR count). The highest BCUT2D eigenvalue weighted by atomic mass is 35.5. The molecule has 0 atom stereocenters. The quantitative estimate of drug-likeness (QED) is 0.811. The highest BCUT2D eigenvalue weighted by molar-refractivity contribution is 6.16. The molecule has 1 aromatic carbocycles. The lowest BCUT2D eigenvalue weighted by atomic mass is 10.1. The Kier molecular flexibility index (Phi) is 4.17. The van der Waals surface area contributed by atoms with Crippen LogP contribution >= 0.6 is 11.6 Å². The van der Waals surface area contributed by atoms with Crippen molar-refractivity contribution < 1.29 is 14.1 Å². The summed E-state index contributed by atoms with van der Waals surface area (Å²) in [7, 11) is 0. The van der Waals surface area contributed by atoms with Gasteiger partial charge < -0.3 is 14.2 Å². The molecule has 0 saturated carbocycles. The van der Waals surface area contributed by atoms with Crippen molar-refractivity contribution >= 4 is 17.5 Å². The number of ether oxygens (including phenoxy) is 1. The summed E-state index contributed by atoms with van der Waals surface area (Å²) < 4.78 is 10.2. The third-order valence-electron chi connectivity index (χ3n) is 3.27. The number of hydrogen-bond acceptors (Lipinski definition) is 5. The topological polar surface area (TPSA) is 68.5 Å². The first-order chi connectivity index (χ1) is 10.3. The minimum atomic E-state index is 0.0133. The van der Waals surface area contributed by atoms with Crippen molar-refractivity contribution in [2.45, 2.75) is 5.88 Å². The summed E-state index contributed by atoms with van der Waals surface area (Å²) in [5.41, 5.74) is 1.43. The largest absolute Gasteiger partial charge is 0.378 e. The Morgan fingerprint density at radius 3 is 2.57 bits per heavy atom. The van der Waals surface area contributed by atoms with Crippen LogP contribution in [-0.4, -0.2) is 47.3 Å². The Morgan fingerprint density at radius 2 is 1.95 bits per heavy atom. The number of hydrogen-bond donors (Lipinski definition) is 0. The Balaban J connectivity index is 1.75. The molecule has 0 N–H and O–H groups in total. The number of alkyl halides is 1. The van der Waals surface area contributed by atoms with Gasteiger partial charge in [-0.1, -0.05) is 17.3 Å². The van der Waals surface area contributed by atoms with Crippen molar-refractivity contribution in [3.63, 3.8) is 0 Å². The average Bonchev–Trinajstić information content (AvgIpc) is 3.04. The van der Waals surface area contributed by atoms with Gasteiger partial charge in [0, 0.05) is 24.2 Å². The number of halogens is 1. The van der Waals surface area contributed by atoms with E-state index in [9.17, 15) is 4.79 Å². The number of aromatic nitrogens is 2. The first-order valence-corrected chi connectivity index (χ1v) is 7.17. The van der Waals surface area contributed by atoms with Crippen LogP contribution in [-0.2, 0) is 10.6 Å². The molecule has 0 aliphatic carbocycles. The van der Waals surface area contributed by atoms with E-state index in [0.29, 0.717) is 43.6 Å². The van der Waals surface area contributed by atoms with Crippen LogP contribution in [0, 0.1) is 0 Å². The molecule has 0 unspecified atom stereocenters. The van der Waals surface area contributed by atoms with E-state index >= 15 is 0 Å². The second-order valence-corrected chi connectivity index (χ2v) is 4.89. The Bertz CT molecular complexity index is 621. The zero-order chi connectivity index (χ0) is 14.7. The van der Waals surface area contributed by atoms with Gasteiger partial charge in [-0.2, -0.15) is 4.98 Å². The predicted octanol–water partition coefficient (Wildman–Crippen LogP) is 1.95. The van der Waals surface area contributed by atoms with Gasteiger partial charge in [-0.3, -0.25) is 4.79 Å². The molecule has 21 heavy (non-hydrogen) atoms. The molecular weight excluding hydrogens is 294 g/mol. The number of morpholine rings is 1. The third kappa shape index (κ3) is 3.06. The number of carbonyl (C=O) groups excluding carboxylic acids is 1. The number of amides is 1. The van der Waals surface area contributed by atoms with Crippen LogP contribution < -0.4 is 0 Å². The highest BCUT2D eigenvalue weighted by Gasteiger charge is 2.18. The number of benzene rings is 1. The van der Waals surface area contributed by atoms with Gasteiger partial charge in [0.25, 0.3) is 5.91 Å². The molecule has 1 amide bonds. The minimum absolute atomic E-state index is 0.0133. The summed E-state index contributed by atoms with van der Waals surface area (Å²) in [5.74, 6) is 1.04. The molecule has 1 aliphatic heterocycles. The van der Waals surface area contributed by atoms with E-state index in [1.54, 1.807) is 29.2 Å². The molecule has 0 bridgehead atoms. The fourth-order valence-corrected chi connectivity index (χ4v) is 2.25. The van der Waals surface area contributed by atoms with Crippen LogP contribution in [0.2, 0.25) is 0 Å². The lowest BCUT2D eigenvalue weighted by Gasteiger charge is -2.26. The molecule has 110 valence electrons. The lowest BCUT2D eigenvalue weighted by Crippen LogP contribution is -2.40. The Labute approximate surface area is 126 Å². The van der Waals surface area contributed by atoms with Crippen molar-refractivity contribution in [2.75, 3.05) is 26.3 Å². The van der Waals surface area contributed by atoms with Gasteiger partial charge in [0.2, 0.25) is 11.7 Å². The maximum absolute atomic E-state index is 12.3. The fourth-order valence-electron chi connectivity index (χ4n) is 2.14. The predicted molar refractivity (Wildman–Crippen MR) is 76.0 cm³/mol. The smallest absolute Gasteiger partial charge is 0.254 e. The Morgan fingerprint density at radius 1 is 1.24 bits per heavy atom. The van der Waals surface area contributed by atoms with Crippen molar-refractivity contribution in [3.8, 4) is 11.4 Å². The van der Waals surface area contributed by atoms with Gasteiger partial charge in [0.15, 0.2) is 0 Å². The number of rotatable bonds is 3. The molecule has 0 spiro atoms. The molecule has 1 saturated heterocycles. The summed E-state index contributed by atoms with van der Waals surface area (Å²) >= 11 is 5.62.